The molecule has 0 aliphatic heterocycles. The molecule has 0 saturated heterocycles. The summed E-state index contributed by atoms with van der Waals surface area (Å²) in [5.74, 6) is 0.179. The minimum absolute atomic E-state index is 0.179. The highest BCUT2D eigenvalue weighted by molar-refractivity contribution is 6.31. The van der Waals surface area contributed by atoms with Crippen molar-refractivity contribution in [3.05, 3.63) is 82.8 Å². The number of ketones is 1. The van der Waals surface area contributed by atoms with E-state index < -0.39 is 0 Å². The van der Waals surface area contributed by atoms with Crippen molar-refractivity contribution in [3.63, 3.8) is 0 Å². The van der Waals surface area contributed by atoms with E-state index in [-0.39, 0.29) is 5.78 Å². The molecule has 0 saturated carbocycles. The summed E-state index contributed by atoms with van der Waals surface area (Å²) < 4.78 is 0. The predicted octanol–water partition coefficient (Wildman–Crippen LogP) is 5.51. The maximum atomic E-state index is 12.5. The van der Waals surface area contributed by atoms with Crippen LogP contribution in [-0.2, 0) is 4.79 Å². The van der Waals surface area contributed by atoms with E-state index in [1.165, 1.54) is 0 Å². The Bertz CT molecular complexity index is 984. The van der Waals surface area contributed by atoms with Gasteiger partial charge in [0.15, 0.2) is 5.78 Å². The number of hydrogen-bond acceptors (Lipinski definition) is 3. The van der Waals surface area contributed by atoms with Crippen LogP contribution in [0.1, 0.15) is 24.0 Å². The van der Waals surface area contributed by atoms with Crippen molar-refractivity contribution < 1.29 is 4.79 Å². The predicted molar refractivity (Wildman–Crippen MR) is 96.9 cm³/mol. The van der Waals surface area contributed by atoms with Gasteiger partial charge in [-0.2, -0.15) is 0 Å². The lowest BCUT2D eigenvalue weighted by molar-refractivity contribution is -0.113. The summed E-state index contributed by atoms with van der Waals surface area (Å²) >= 11 is 0. The van der Waals surface area contributed by atoms with Crippen LogP contribution in [0.25, 0.3) is 21.9 Å². The van der Waals surface area contributed by atoms with Crippen LogP contribution >= 0.6 is 0 Å². The normalized spacial score (nSPS) is 14.4. The zero-order chi connectivity index (χ0) is 16.5. The standard InChI is InChI=1S/C21H15NO2/c23-20-12-11-19(15-7-9-18(22-24)10-8-15)21(20)17-6-5-14-3-1-2-4-16(14)13-17/h1-10,13H,11-12H2. The van der Waals surface area contributed by atoms with E-state index in [0.29, 0.717) is 12.1 Å². The molecule has 0 amide bonds. The fraction of sp³-hybridized carbons (Fsp3) is 0.0952. The third-order valence-electron chi connectivity index (χ3n) is 4.54. The highest BCUT2D eigenvalue weighted by Crippen LogP contribution is 2.38. The van der Waals surface area contributed by atoms with Gasteiger partial charge in [-0.05, 0) is 57.3 Å². The van der Waals surface area contributed by atoms with Crippen LogP contribution in [0.2, 0.25) is 0 Å². The van der Waals surface area contributed by atoms with Crippen LogP contribution in [0.15, 0.2) is 71.9 Å². The lowest BCUT2D eigenvalue weighted by atomic mass is 9.95. The molecule has 0 spiro atoms. The van der Waals surface area contributed by atoms with Gasteiger partial charge in [0.25, 0.3) is 0 Å². The molecule has 0 unspecified atom stereocenters. The molecule has 3 aromatic carbocycles. The van der Waals surface area contributed by atoms with Crippen molar-refractivity contribution in [1.82, 2.24) is 0 Å². The van der Waals surface area contributed by atoms with Gasteiger partial charge in [0, 0.05) is 12.0 Å². The third-order valence-corrected chi connectivity index (χ3v) is 4.54. The number of benzene rings is 3. The molecule has 0 aromatic heterocycles. The zero-order valence-corrected chi connectivity index (χ0v) is 13.0. The Labute approximate surface area is 139 Å². The van der Waals surface area contributed by atoms with E-state index in [1.807, 2.05) is 30.3 Å². The van der Waals surface area contributed by atoms with Crippen molar-refractivity contribution in [2.24, 2.45) is 5.18 Å². The first-order chi connectivity index (χ1) is 11.8. The van der Waals surface area contributed by atoms with Crippen molar-refractivity contribution >= 4 is 33.4 Å². The SMILES string of the molecule is O=Nc1ccc(C2=C(c3ccc4ccccc4c3)C(=O)CC2)cc1. The molecular formula is C21H15NO2. The van der Waals surface area contributed by atoms with E-state index in [0.717, 1.165) is 39.5 Å². The van der Waals surface area contributed by atoms with Gasteiger partial charge in [-0.1, -0.05) is 48.5 Å². The van der Waals surface area contributed by atoms with E-state index in [4.69, 9.17) is 0 Å². The first-order valence-corrected chi connectivity index (χ1v) is 7.95. The van der Waals surface area contributed by atoms with E-state index >= 15 is 0 Å². The highest BCUT2D eigenvalue weighted by atomic mass is 16.3. The van der Waals surface area contributed by atoms with Gasteiger partial charge in [0.05, 0.1) is 0 Å². The first kappa shape index (κ1) is 14.5. The topological polar surface area (TPSA) is 46.5 Å². The maximum Gasteiger partial charge on any atom is 0.164 e. The van der Waals surface area contributed by atoms with E-state index in [2.05, 4.69) is 29.4 Å². The van der Waals surface area contributed by atoms with Gasteiger partial charge in [-0.15, -0.1) is 4.91 Å². The fourth-order valence-corrected chi connectivity index (χ4v) is 3.35. The molecule has 0 heterocycles. The summed E-state index contributed by atoms with van der Waals surface area (Å²) in [7, 11) is 0. The van der Waals surface area contributed by atoms with Gasteiger partial charge < -0.3 is 0 Å². The van der Waals surface area contributed by atoms with Crippen LogP contribution in [0.3, 0.4) is 0 Å². The molecule has 24 heavy (non-hydrogen) atoms. The summed E-state index contributed by atoms with van der Waals surface area (Å²) in [5, 5.41) is 5.22. The van der Waals surface area contributed by atoms with Crippen molar-refractivity contribution in [3.8, 4) is 0 Å². The Morgan fingerprint density at radius 1 is 0.750 bits per heavy atom. The average molecular weight is 313 g/mol. The number of rotatable bonds is 3. The second-order valence-corrected chi connectivity index (χ2v) is 5.98. The van der Waals surface area contributed by atoms with Gasteiger partial charge in [0.2, 0.25) is 0 Å². The Morgan fingerprint density at radius 2 is 1.46 bits per heavy atom. The molecule has 3 aromatic rings. The Morgan fingerprint density at radius 3 is 2.21 bits per heavy atom. The van der Waals surface area contributed by atoms with Gasteiger partial charge in [0.1, 0.15) is 5.69 Å². The number of carbonyl (C=O) groups is 1. The van der Waals surface area contributed by atoms with Crippen LogP contribution < -0.4 is 0 Å². The highest BCUT2D eigenvalue weighted by Gasteiger charge is 2.25. The molecule has 0 N–H and O–H groups in total. The monoisotopic (exact) mass is 313 g/mol. The lowest BCUT2D eigenvalue weighted by Crippen LogP contribution is -1.96. The maximum absolute atomic E-state index is 12.5. The lowest BCUT2D eigenvalue weighted by Gasteiger charge is -2.09. The molecule has 0 atom stereocenters. The van der Waals surface area contributed by atoms with E-state index in [1.54, 1.807) is 12.1 Å². The zero-order valence-electron chi connectivity index (χ0n) is 13.0. The number of carbonyl (C=O) groups excluding carboxylic acids is 1. The molecule has 0 fully saturated rings. The van der Waals surface area contributed by atoms with Crippen LogP contribution in [0, 0.1) is 4.91 Å². The van der Waals surface area contributed by atoms with Crippen molar-refractivity contribution in [2.75, 3.05) is 0 Å². The van der Waals surface area contributed by atoms with Crippen LogP contribution in [0.4, 0.5) is 5.69 Å². The number of nitroso groups, excluding NO2 is 1. The quantitative estimate of drug-likeness (QED) is 0.598. The number of nitrogens with zero attached hydrogens (tertiary/aromatic N) is 1. The summed E-state index contributed by atoms with van der Waals surface area (Å²) in [4.78, 5) is 23.1. The number of fused-ring (bicyclic) bond motifs is 1. The van der Waals surface area contributed by atoms with Gasteiger partial charge in [-0.25, -0.2) is 0 Å². The smallest absolute Gasteiger partial charge is 0.164 e. The fourth-order valence-electron chi connectivity index (χ4n) is 3.35. The van der Waals surface area contributed by atoms with Crippen molar-refractivity contribution in [2.45, 2.75) is 12.8 Å². The first-order valence-electron chi connectivity index (χ1n) is 7.95. The number of Topliss-reactive ketones (excluding diaryl/α,β-unsaturated/α-hetero) is 1. The van der Waals surface area contributed by atoms with Crippen molar-refractivity contribution in [1.29, 1.82) is 0 Å². The molecular weight excluding hydrogens is 298 g/mol. The van der Waals surface area contributed by atoms with Crippen LogP contribution in [-0.4, -0.2) is 5.78 Å². The second-order valence-electron chi connectivity index (χ2n) is 5.98. The summed E-state index contributed by atoms with van der Waals surface area (Å²) in [5.41, 5.74) is 4.19. The average Bonchev–Trinajstić information content (AvgIpc) is 3.03. The van der Waals surface area contributed by atoms with Gasteiger partial charge in [-0.3, -0.25) is 4.79 Å². The molecule has 116 valence electrons. The minimum Gasteiger partial charge on any atom is -0.294 e. The summed E-state index contributed by atoms with van der Waals surface area (Å²) in [6.07, 6.45) is 1.26. The second kappa shape index (κ2) is 5.85. The summed E-state index contributed by atoms with van der Waals surface area (Å²) in [6.45, 7) is 0. The van der Waals surface area contributed by atoms with Gasteiger partial charge >= 0.3 is 0 Å². The molecule has 3 nitrogen and oxygen atoms in total. The molecule has 0 bridgehead atoms. The largest absolute Gasteiger partial charge is 0.294 e. The minimum atomic E-state index is 0.179. The Balaban J connectivity index is 1.86. The molecule has 1 aliphatic rings. The van der Waals surface area contributed by atoms with E-state index in [9.17, 15) is 9.70 Å². The molecule has 1 aliphatic carbocycles. The Kier molecular flexibility index (Phi) is 3.54. The summed E-state index contributed by atoms with van der Waals surface area (Å²) in [6, 6.07) is 21.4. The molecule has 4 rings (SSSR count). The Hall–Kier alpha value is -3.07. The molecule has 3 heteroatoms. The molecule has 0 radical (unpaired) electrons. The number of allylic oxidation sites excluding steroid dienone is 2. The van der Waals surface area contributed by atoms with Crippen LogP contribution in [0.5, 0.6) is 0 Å². The number of hydrogen-bond donors (Lipinski definition) is 0. The third kappa shape index (κ3) is 2.44.